The van der Waals surface area contributed by atoms with E-state index < -0.39 is 0 Å². The summed E-state index contributed by atoms with van der Waals surface area (Å²) in [5.41, 5.74) is 3.12. The van der Waals surface area contributed by atoms with Crippen molar-refractivity contribution in [3.8, 4) is 0 Å². The molecule has 0 spiro atoms. The van der Waals surface area contributed by atoms with Gasteiger partial charge in [-0.05, 0) is 36.5 Å². The average molecular weight is 355 g/mol. The third-order valence-electron chi connectivity index (χ3n) is 4.45. The molecule has 1 atom stereocenters. The number of para-hydroxylation sites is 1. The Hall–Kier alpha value is -2.47. The molecule has 0 aliphatic rings. The predicted octanol–water partition coefficient (Wildman–Crippen LogP) is 5.04. The number of ether oxygens (including phenoxy) is 1. The molecule has 0 saturated carbocycles. The number of hydrogen-bond acceptors (Lipinski definition) is 6. The molecular formula is C19H21N3O2S. The van der Waals surface area contributed by atoms with Crippen LogP contribution in [-0.4, -0.2) is 23.0 Å². The summed E-state index contributed by atoms with van der Waals surface area (Å²) in [4.78, 5) is 22.1. The Morgan fingerprint density at radius 2 is 2.08 bits per heavy atom. The maximum atomic E-state index is 12.0. The van der Waals surface area contributed by atoms with Gasteiger partial charge >= 0.3 is 5.97 Å². The van der Waals surface area contributed by atoms with Crippen LogP contribution in [0.2, 0.25) is 0 Å². The average Bonchev–Trinajstić information content (AvgIpc) is 2.98. The number of aromatic nitrogens is 2. The van der Waals surface area contributed by atoms with Crippen molar-refractivity contribution in [3.63, 3.8) is 0 Å². The van der Waals surface area contributed by atoms with E-state index in [2.05, 4.69) is 41.3 Å². The number of anilines is 2. The molecule has 0 aliphatic carbocycles. The van der Waals surface area contributed by atoms with Gasteiger partial charge in [-0.1, -0.05) is 32.0 Å². The molecule has 1 unspecified atom stereocenters. The molecule has 0 bridgehead atoms. The highest BCUT2D eigenvalue weighted by molar-refractivity contribution is 7.20. The van der Waals surface area contributed by atoms with Gasteiger partial charge in [-0.3, -0.25) is 0 Å². The number of nitrogens with zero attached hydrogens (tertiary/aromatic N) is 2. The topological polar surface area (TPSA) is 64.1 Å². The number of rotatable bonds is 5. The molecule has 1 N–H and O–H groups in total. The van der Waals surface area contributed by atoms with Gasteiger partial charge in [0.2, 0.25) is 0 Å². The Morgan fingerprint density at radius 1 is 1.32 bits per heavy atom. The van der Waals surface area contributed by atoms with Crippen molar-refractivity contribution in [2.24, 2.45) is 0 Å². The predicted molar refractivity (Wildman–Crippen MR) is 102 cm³/mol. The zero-order valence-corrected chi connectivity index (χ0v) is 15.6. The SMILES string of the molecule is CCC(C)c1ccccc1Nc1ncnc2sc(C(=O)OC)c(C)c12. The number of methoxy groups -OCH3 is 1. The van der Waals surface area contributed by atoms with Crippen LogP contribution in [0.15, 0.2) is 30.6 Å². The molecule has 3 rings (SSSR count). The van der Waals surface area contributed by atoms with E-state index >= 15 is 0 Å². The van der Waals surface area contributed by atoms with Crippen LogP contribution in [0.25, 0.3) is 10.2 Å². The summed E-state index contributed by atoms with van der Waals surface area (Å²) in [5.74, 6) is 0.811. The Balaban J connectivity index is 2.09. The summed E-state index contributed by atoms with van der Waals surface area (Å²) in [7, 11) is 1.39. The lowest BCUT2D eigenvalue weighted by Crippen LogP contribution is -2.02. The molecule has 2 heterocycles. The van der Waals surface area contributed by atoms with Crippen LogP contribution in [0.3, 0.4) is 0 Å². The fraction of sp³-hybridized carbons (Fsp3) is 0.316. The number of esters is 1. The van der Waals surface area contributed by atoms with E-state index in [0.717, 1.165) is 27.9 Å². The fourth-order valence-electron chi connectivity index (χ4n) is 2.84. The van der Waals surface area contributed by atoms with Gasteiger partial charge in [-0.2, -0.15) is 0 Å². The largest absolute Gasteiger partial charge is 0.465 e. The summed E-state index contributed by atoms with van der Waals surface area (Å²) < 4.78 is 4.87. The first-order valence-electron chi connectivity index (χ1n) is 8.25. The normalized spacial score (nSPS) is 12.2. The van der Waals surface area contributed by atoms with E-state index in [1.807, 2.05) is 19.1 Å². The summed E-state index contributed by atoms with van der Waals surface area (Å²) in [5, 5.41) is 4.31. The van der Waals surface area contributed by atoms with Crippen LogP contribution in [-0.2, 0) is 4.74 Å². The maximum Gasteiger partial charge on any atom is 0.348 e. The van der Waals surface area contributed by atoms with E-state index in [4.69, 9.17) is 4.74 Å². The van der Waals surface area contributed by atoms with Crippen LogP contribution >= 0.6 is 11.3 Å². The van der Waals surface area contributed by atoms with E-state index in [-0.39, 0.29) is 5.97 Å². The summed E-state index contributed by atoms with van der Waals surface area (Å²) in [6.45, 7) is 6.29. The molecule has 6 heteroatoms. The smallest absolute Gasteiger partial charge is 0.348 e. The molecular weight excluding hydrogens is 334 g/mol. The second-order valence-corrected chi connectivity index (χ2v) is 6.97. The van der Waals surface area contributed by atoms with E-state index in [1.165, 1.54) is 30.3 Å². The minimum atomic E-state index is -0.341. The van der Waals surface area contributed by atoms with Crippen molar-refractivity contribution in [1.29, 1.82) is 0 Å². The first kappa shape index (κ1) is 17.4. The van der Waals surface area contributed by atoms with Gasteiger partial charge in [0.1, 0.15) is 21.9 Å². The van der Waals surface area contributed by atoms with Crippen LogP contribution in [0.4, 0.5) is 11.5 Å². The minimum absolute atomic E-state index is 0.341. The van der Waals surface area contributed by atoms with E-state index in [0.29, 0.717) is 16.6 Å². The number of aryl methyl sites for hydroxylation is 1. The first-order valence-corrected chi connectivity index (χ1v) is 9.06. The van der Waals surface area contributed by atoms with Crippen LogP contribution in [0.5, 0.6) is 0 Å². The highest BCUT2D eigenvalue weighted by Gasteiger charge is 2.20. The molecule has 25 heavy (non-hydrogen) atoms. The highest BCUT2D eigenvalue weighted by atomic mass is 32.1. The molecule has 0 aliphatic heterocycles. The van der Waals surface area contributed by atoms with Gasteiger partial charge in [-0.15, -0.1) is 11.3 Å². The van der Waals surface area contributed by atoms with Gasteiger partial charge in [0.05, 0.1) is 12.5 Å². The Kier molecular flexibility index (Phi) is 4.99. The number of carbonyl (C=O) groups is 1. The van der Waals surface area contributed by atoms with E-state index in [9.17, 15) is 4.79 Å². The lowest BCUT2D eigenvalue weighted by Gasteiger charge is -2.16. The summed E-state index contributed by atoms with van der Waals surface area (Å²) in [6.07, 6.45) is 2.58. The maximum absolute atomic E-state index is 12.0. The molecule has 130 valence electrons. The molecule has 0 fully saturated rings. The molecule has 0 saturated heterocycles. The highest BCUT2D eigenvalue weighted by Crippen LogP contribution is 2.36. The molecule has 0 radical (unpaired) electrons. The van der Waals surface area contributed by atoms with Crippen molar-refractivity contribution >= 4 is 39.0 Å². The lowest BCUT2D eigenvalue weighted by molar-refractivity contribution is 0.0605. The van der Waals surface area contributed by atoms with Gasteiger partial charge in [-0.25, -0.2) is 14.8 Å². The van der Waals surface area contributed by atoms with Gasteiger partial charge in [0.25, 0.3) is 0 Å². The third-order valence-corrected chi connectivity index (χ3v) is 5.63. The zero-order valence-electron chi connectivity index (χ0n) is 14.8. The van der Waals surface area contributed by atoms with Crippen LogP contribution < -0.4 is 5.32 Å². The number of benzene rings is 1. The van der Waals surface area contributed by atoms with E-state index in [1.54, 1.807) is 0 Å². The van der Waals surface area contributed by atoms with Gasteiger partial charge in [0, 0.05) is 5.69 Å². The van der Waals surface area contributed by atoms with Crippen LogP contribution in [0.1, 0.15) is 47.0 Å². The third kappa shape index (κ3) is 3.22. The Morgan fingerprint density at radius 3 is 2.80 bits per heavy atom. The number of thiophene rings is 1. The standard InChI is InChI=1S/C19H21N3O2S/c1-5-11(2)13-8-6-7-9-14(13)22-17-15-12(3)16(19(23)24-4)25-18(15)21-10-20-17/h6-11H,5H2,1-4H3,(H,20,21,22). The van der Waals surface area contributed by atoms with Crippen molar-refractivity contribution < 1.29 is 9.53 Å². The fourth-order valence-corrected chi connectivity index (χ4v) is 3.91. The summed E-state index contributed by atoms with van der Waals surface area (Å²) >= 11 is 1.33. The van der Waals surface area contributed by atoms with Crippen molar-refractivity contribution in [2.75, 3.05) is 12.4 Å². The van der Waals surface area contributed by atoms with Gasteiger partial charge in [0.15, 0.2) is 0 Å². The first-order chi connectivity index (χ1) is 12.1. The van der Waals surface area contributed by atoms with Crippen LogP contribution in [0, 0.1) is 6.92 Å². The molecule has 5 nitrogen and oxygen atoms in total. The van der Waals surface area contributed by atoms with Crippen molar-refractivity contribution in [3.05, 3.63) is 46.6 Å². The number of carbonyl (C=O) groups excluding carboxylic acids is 1. The second kappa shape index (κ2) is 7.19. The quantitative estimate of drug-likeness (QED) is 0.649. The molecule has 0 amide bonds. The second-order valence-electron chi connectivity index (χ2n) is 5.97. The summed E-state index contributed by atoms with van der Waals surface area (Å²) in [6, 6.07) is 8.24. The minimum Gasteiger partial charge on any atom is -0.465 e. The van der Waals surface area contributed by atoms with Crippen molar-refractivity contribution in [2.45, 2.75) is 33.1 Å². The molecule has 1 aromatic carbocycles. The molecule has 3 aromatic rings. The molecule has 2 aromatic heterocycles. The monoisotopic (exact) mass is 355 g/mol. The number of hydrogen-bond donors (Lipinski definition) is 1. The van der Waals surface area contributed by atoms with Crippen molar-refractivity contribution in [1.82, 2.24) is 9.97 Å². The Bertz CT molecular complexity index is 920. The van der Waals surface area contributed by atoms with Gasteiger partial charge < -0.3 is 10.1 Å². The Labute approximate surface area is 151 Å². The zero-order chi connectivity index (χ0) is 18.0. The number of nitrogens with one attached hydrogen (secondary N) is 1. The number of fused-ring (bicyclic) bond motifs is 1. The lowest BCUT2D eigenvalue weighted by atomic mass is 9.97.